The monoisotopic (exact) mass is 346 g/mol. The van der Waals surface area contributed by atoms with E-state index in [0.717, 1.165) is 5.56 Å². The molecule has 1 aromatic carbocycles. The smallest absolute Gasteiger partial charge is 0.317 e. The van der Waals surface area contributed by atoms with E-state index in [9.17, 15) is 14.4 Å². The van der Waals surface area contributed by atoms with E-state index in [1.165, 1.54) is 0 Å². The Morgan fingerprint density at radius 2 is 1.80 bits per heavy atom. The maximum atomic E-state index is 12.4. The molecule has 0 saturated carbocycles. The first-order valence-corrected chi connectivity index (χ1v) is 8.79. The number of amides is 2. The number of benzene rings is 1. The summed E-state index contributed by atoms with van der Waals surface area (Å²) in [5, 5.41) is 2.73. The summed E-state index contributed by atoms with van der Waals surface area (Å²) in [6.07, 6.45) is 1.34. The molecule has 0 unspecified atom stereocenters. The molecule has 136 valence electrons. The van der Waals surface area contributed by atoms with Gasteiger partial charge in [-0.25, -0.2) is 4.79 Å². The number of piperidine rings is 1. The van der Waals surface area contributed by atoms with Crippen molar-refractivity contribution >= 4 is 17.8 Å². The lowest BCUT2D eigenvalue weighted by atomic mass is 9.89. The second-order valence-corrected chi connectivity index (χ2v) is 6.51. The van der Waals surface area contributed by atoms with Gasteiger partial charge in [0.2, 0.25) is 0 Å². The maximum Gasteiger partial charge on any atom is 0.317 e. The number of nitrogens with one attached hydrogen (secondary N) is 1. The highest BCUT2D eigenvalue weighted by Crippen LogP contribution is 2.21. The average Bonchev–Trinajstić information content (AvgIpc) is 2.61. The van der Waals surface area contributed by atoms with Crippen LogP contribution in [0.4, 0.5) is 4.79 Å². The van der Waals surface area contributed by atoms with Crippen LogP contribution in [0.2, 0.25) is 0 Å². The molecular weight excluding hydrogens is 320 g/mol. The van der Waals surface area contributed by atoms with E-state index in [1.807, 2.05) is 30.3 Å². The van der Waals surface area contributed by atoms with Gasteiger partial charge in [-0.1, -0.05) is 30.3 Å². The van der Waals surface area contributed by atoms with Crippen molar-refractivity contribution < 1.29 is 19.1 Å². The number of esters is 1. The molecule has 0 aliphatic carbocycles. The first-order valence-electron chi connectivity index (χ1n) is 8.79. The SMILES string of the molecule is CC(C)OC(=O)CCNC(=O)N1CCC(C(=O)c2ccccc2)CC1. The van der Waals surface area contributed by atoms with Crippen molar-refractivity contribution in [3.05, 3.63) is 35.9 Å². The third kappa shape index (κ3) is 5.89. The number of ketones is 1. The molecule has 2 rings (SSSR count). The quantitative estimate of drug-likeness (QED) is 0.635. The number of carbonyl (C=O) groups is 3. The van der Waals surface area contributed by atoms with Crippen LogP contribution in [-0.2, 0) is 9.53 Å². The lowest BCUT2D eigenvalue weighted by Gasteiger charge is -2.31. The van der Waals surface area contributed by atoms with Crippen LogP contribution < -0.4 is 5.32 Å². The van der Waals surface area contributed by atoms with Gasteiger partial charge in [0, 0.05) is 31.1 Å². The minimum atomic E-state index is -0.317. The van der Waals surface area contributed by atoms with Gasteiger partial charge in [-0.3, -0.25) is 9.59 Å². The molecule has 1 aliphatic heterocycles. The Hall–Kier alpha value is -2.37. The summed E-state index contributed by atoms with van der Waals surface area (Å²) >= 11 is 0. The number of Topliss-reactive ketones (excluding diaryl/α,β-unsaturated/α-hetero) is 1. The van der Waals surface area contributed by atoms with Crippen LogP contribution >= 0.6 is 0 Å². The fourth-order valence-corrected chi connectivity index (χ4v) is 2.89. The van der Waals surface area contributed by atoms with Crippen LogP contribution in [0.5, 0.6) is 0 Å². The van der Waals surface area contributed by atoms with Gasteiger partial charge in [0.1, 0.15) is 0 Å². The first kappa shape index (κ1) is 19.0. The first-order chi connectivity index (χ1) is 12.0. The third-order valence-corrected chi connectivity index (χ3v) is 4.18. The predicted molar refractivity (Wildman–Crippen MR) is 94.3 cm³/mol. The fourth-order valence-electron chi connectivity index (χ4n) is 2.89. The molecule has 6 heteroatoms. The van der Waals surface area contributed by atoms with E-state index in [1.54, 1.807) is 18.7 Å². The minimum Gasteiger partial charge on any atom is -0.463 e. The van der Waals surface area contributed by atoms with Gasteiger partial charge >= 0.3 is 12.0 Å². The highest BCUT2D eigenvalue weighted by Gasteiger charge is 2.27. The molecule has 1 saturated heterocycles. The molecule has 1 heterocycles. The maximum absolute atomic E-state index is 12.4. The summed E-state index contributed by atoms with van der Waals surface area (Å²) < 4.78 is 5.02. The second kappa shape index (κ2) is 9.20. The fraction of sp³-hybridized carbons (Fsp3) is 0.526. The molecule has 0 atom stereocenters. The van der Waals surface area contributed by atoms with Crippen molar-refractivity contribution in [2.75, 3.05) is 19.6 Å². The largest absolute Gasteiger partial charge is 0.463 e. The standard InChI is InChI=1S/C19H26N2O4/c1-14(2)25-17(22)8-11-20-19(24)21-12-9-16(10-13-21)18(23)15-6-4-3-5-7-15/h3-7,14,16H,8-13H2,1-2H3,(H,20,24). The van der Waals surface area contributed by atoms with Crippen LogP contribution in [0, 0.1) is 5.92 Å². The Morgan fingerprint density at radius 3 is 2.40 bits per heavy atom. The summed E-state index contributed by atoms with van der Waals surface area (Å²) in [7, 11) is 0. The van der Waals surface area contributed by atoms with E-state index in [2.05, 4.69) is 5.32 Å². The van der Waals surface area contributed by atoms with Gasteiger partial charge < -0.3 is 15.0 Å². The van der Waals surface area contributed by atoms with Gasteiger partial charge in [-0.2, -0.15) is 0 Å². The van der Waals surface area contributed by atoms with Crippen molar-refractivity contribution in [1.29, 1.82) is 0 Å². The molecule has 1 aliphatic rings. The zero-order valence-corrected chi connectivity index (χ0v) is 14.9. The predicted octanol–water partition coefficient (Wildman–Crippen LogP) is 2.63. The van der Waals surface area contributed by atoms with Crippen molar-refractivity contribution in [2.45, 2.75) is 39.2 Å². The van der Waals surface area contributed by atoms with E-state index >= 15 is 0 Å². The normalized spacial score (nSPS) is 15.1. The Balaban J connectivity index is 1.71. The molecule has 0 radical (unpaired) electrons. The number of likely N-dealkylation sites (tertiary alicyclic amines) is 1. The topological polar surface area (TPSA) is 75.7 Å². The summed E-state index contributed by atoms with van der Waals surface area (Å²) in [5.74, 6) is -0.202. The Labute approximate surface area is 148 Å². The Morgan fingerprint density at radius 1 is 1.16 bits per heavy atom. The second-order valence-electron chi connectivity index (χ2n) is 6.51. The van der Waals surface area contributed by atoms with Crippen molar-refractivity contribution in [3.63, 3.8) is 0 Å². The van der Waals surface area contributed by atoms with Crippen molar-refractivity contribution in [2.24, 2.45) is 5.92 Å². The Kier molecular flexibility index (Phi) is 6.98. The van der Waals surface area contributed by atoms with Crippen molar-refractivity contribution in [3.8, 4) is 0 Å². The van der Waals surface area contributed by atoms with Gasteiger partial charge in [-0.15, -0.1) is 0 Å². The number of hydrogen-bond donors (Lipinski definition) is 1. The third-order valence-electron chi connectivity index (χ3n) is 4.18. The van der Waals surface area contributed by atoms with E-state index in [0.29, 0.717) is 25.9 Å². The van der Waals surface area contributed by atoms with Gasteiger partial charge in [0.15, 0.2) is 5.78 Å². The molecule has 0 spiro atoms. The lowest BCUT2D eigenvalue weighted by Crippen LogP contribution is -2.46. The van der Waals surface area contributed by atoms with E-state index in [4.69, 9.17) is 4.74 Å². The van der Waals surface area contributed by atoms with Gasteiger partial charge in [0.05, 0.1) is 12.5 Å². The van der Waals surface area contributed by atoms with Crippen molar-refractivity contribution in [1.82, 2.24) is 10.2 Å². The van der Waals surface area contributed by atoms with E-state index in [-0.39, 0.29) is 42.8 Å². The van der Waals surface area contributed by atoms with Gasteiger partial charge in [-0.05, 0) is 26.7 Å². The number of ether oxygens (including phenoxy) is 1. The zero-order valence-electron chi connectivity index (χ0n) is 14.9. The summed E-state index contributed by atoms with van der Waals surface area (Å²) in [6.45, 7) is 4.93. The molecule has 2 amide bonds. The molecule has 1 fully saturated rings. The summed E-state index contributed by atoms with van der Waals surface area (Å²) in [6, 6.07) is 9.08. The molecule has 1 aromatic rings. The summed E-state index contributed by atoms with van der Waals surface area (Å²) in [5.41, 5.74) is 0.731. The highest BCUT2D eigenvalue weighted by atomic mass is 16.5. The van der Waals surface area contributed by atoms with Crippen LogP contribution in [0.1, 0.15) is 43.5 Å². The van der Waals surface area contributed by atoms with Crippen LogP contribution in [0.25, 0.3) is 0 Å². The number of urea groups is 1. The molecule has 6 nitrogen and oxygen atoms in total. The minimum absolute atomic E-state index is 0.0348. The Bertz CT molecular complexity index is 593. The number of carbonyl (C=O) groups excluding carboxylic acids is 3. The molecular formula is C19H26N2O4. The van der Waals surface area contributed by atoms with E-state index < -0.39 is 0 Å². The number of hydrogen-bond acceptors (Lipinski definition) is 4. The molecule has 1 N–H and O–H groups in total. The summed E-state index contributed by atoms with van der Waals surface area (Å²) in [4.78, 5) is 37.7. The van der Waals surface area contributed by atoms with Gasteiger partial charge in [0.25, 0.3) is 0 Å². The molecule has 0 aromatic heterocycles. The van der Waals surface area contributed by atoms with Crippen LogP contribution in [0.3, 0.4) is 0 Å². The molecule has 0 bridgehead atoms. The molecule has 25 heavy (non-hydrogen) atoms. The highest BCUT2D eigenvalue weighted by molar-refractivity contribution is 5.98. The van der Waals surface area contributed by atoms with Crippen LogP contribution in [0.15, 0.2) is 30.3 Å². The van der Waals surface area contributed by atoms with Crippen LogP contribution in [-0.4, -0.2) is 48.4 Å². The average molecular weight is 346 g/mol. The zero-order chi connectivity index (χ0) is 18.2. The number of nitrogens with zero attached hydrogens (tertiary/aromatic N) is 1. The number of rotatable bonds is 6. The lowest BCUT2D eigenvalue weighted by molar-refractivity contribution is -0.147.